The van der Waals surface area contributed by atoms with Crippen LogP contribution in [-0.2, 0) is 35.2 Å². The maximum absolute atomic E-state index is 7.90. The van der Waals surface area contributed by atoms with Gasteiger partial charge in [-0.15, -0.1) is 23.2 Å². The molecule has 0 saturated heterocycles. The molecule has 2 radical (unpaired) electrons. The maximum atomic E-state index is 7.90. The van der Waals surface area contributed by atoms with E-state index in [0.29, 0.717) is 23.7 Å². The van der Waals surface area contributed by atoms with Crippen molar-refractivity contribution in [3.05, 3.63) is 79.9 Å². The monoisotopic (exact) mass is 640 g/mol. The van der Waals surface area contributed by atoms with Crippen LogP contribution in [0.3, 0.4) is 0 Å². The predicted octanol–water partition coefficient (Wildman–Crippen LogP) is 11.0. The van der Waals surface area contributed by atoms with Gasteiger partial charge in [0, 0.05) is 26.2 Å². The molecule has 0 amide bonds. The van der Waals surface area contributed by atoms with Crippen LogP contribution in [0.15, 0.2) is 35.4 Å². The smallest absolute Gasteiger partial charge is 0.114 e. The quantitative estimate of drug-likeness (QED) is 0.217. The molecule has 4 rings (SSSR count). The van der Waals surface area contributed by atoms with Crippen molar-refractivity contribution in [2.24, 2.45) is 0 Å². The van der Waals surface area contributed by atoms with Gasteiger partial charge in [0.15, 0.2) is 0 Å². The second-order valence-corrected chi connectivity index (χ2v) is 16.1. The van der Waals surface area contributed by atoms with Gasteiger partial charge >= 0.3 is 0 Å². The van der Waals surface area contributed by atoms with Crippen molar-refractivity contribution in [2.45, 2.75) is 116 Å². The average molecular weight is 643 g/mol. The standard InChI is InChI=1S/C34H44Cl2Si.Zr/c1-17(2)25-13-27(19(5)6)31-21(9)23(11)33(35,29(31)15-25)37-34(36)24(12)22(10)32-28(20(7)8)14-26(18(3)4)16-30(32)34;/h13-20H,1-12H3;. The molecule has 0 N–H and O–H groups in total. The van der Waals surface area contributed by atoms with Gasteiger partial charge in [-0.3, -0.25) is 0 Å². The number of benzene rings is 2. The summed E-state index contributed by atoms with van der Waals surface area (Å²) in [5.74, 6) is 1.75. The summed E-state index contributed by atoms with van der Waals surface area (Å²) < 4.78 is -1.24. The Balaban J connectivity index is 0.00000400. The van der Waals surface area contributed by atoms with Crippen molar-refractivity contribution in [3.63, 3.8) is 0 Å². The van der Waals surface area contributed by atoms with Gasteiger partial charge in [-0.25, -0.2) is 0 Å². The van der Waals surface area contributed by atoms with Crippen LogP contribution in [0.5, 0.6) is 0 Å². The zero-order chi connectivity index (χ0) is 27.8. The van der Waals surface area contributed by atoms with E-state index < -0.39 is 8.99 Å². The van der Waals surface area contributed by atoms with Crippen LogP contribution in [0.4, 0.5) is 0 Å². The van der Waals surface area contributed by atoms with Crippen LogP contribution in [0.2, 0.25) is 0 Å². The van der Waals surface area contributed by atoms with Gasteiger partial charge in [-0.2, -0.15) is 0 Å². The summed E-state index contributed by atoms with van der Waals surface area (Å²) in [4.78, 5) is 0. The molecule has 0 saturated carbocycles. The Kier molecular flexibility index (Phi) is 9.39. The summed E-state index contributed by atoms with van der Waals surface area (Å²) in [5, 5.41) is 0. The molecule has 2 aliphatic carbocycles. The summed E-state index contributed by atoms with van der Waals surface area (Å²) in [7, 11) is 0.287. The molecule has 0 bridgehead atoms. The van der Waals surface area contributed by atoms with Gasteiger partial charge in [0.05, 0.1) is 8.99 Å². The molecule has 0 aliphatic heterocycles. The van der Waals surface area contributed by atoms with Gasteiger partial charge in [0.25, 0.3) is 0 Å². The molecular weight excluding hydrogens is 599 g/mol. The van der Waals surface area contributed by atoms with Crippen molar-refractivity contribution < 1.29 is 26.2 Å². The summed E-state index contributed by atoms with van der Waals surface area (Å²) in [5.41, 5.74) is 16.0. The topological polar surface area (TPSA) is 0 Å². The van der Waals surface area contributed by atoms with Crippen molar-refractivity contribution in [1.29, 1.82) is 0 Å². The fourth-order valence-electron chi connectivity index (χ4n) is 6.19. The summed E-state index contributed by atoms with van der Waals surface area (Å²) >= 11 is 15.8. The molecule has 2 aromatic carbocycles. The van der Waals surface area contributed by atoms with E-state index in [-0.39, 0.29) is 35.7 Å². The van der Waals surface area contributed by atoms with Crippen molar-refractivity contribution >= 4 is 43.9 Å². The zero-order valence-electron chi connectivity index (χ0n) is 25.4. The predicted molar refractivity (Wildman–Crippen MR) is 167 cm³/mol. The van der Waals surface area contributed by atoms with E-state index in [1.54, 1.807) is 0 Å². The minimum Gasteiger partial charge on any atom is -0.114 e. The molecule has 0 spiro atoms. The number of halogens is 2. The van der Waals surface area contributed by atoms with Crippen LogP contribution < -0.4 is 0 Å². The van der Waals surface area contributed by atoms with Gasteiger partial charge in [-0.05, 0) is 118 Å². The minimum absolute atomic E-state index is 0. The first kappa shape index (κ1) is 32.1. The third kappa shape index (κ3) is 4.86. The number of allylic oxidation sites excluding steroid dienone is 4. The van der Waals surface area contributed by atoms with Crippen molar-refractivity contribution in [1.82, 2.24) is 0 Å². The third-order valence-electron chi connectivity index (χ3n) is 8.95. The fourth-order valence-corrected chi connectivity index (χ4v) is 9.65. The van der Waals surface area contributed by atoms with Gasteiger partial charge in [0.1, 0.15) is 9.52 Å². The molecule has 4 heteroatoms. The molecule has 2 aromatic rings. The van der Waals surface area contributed by atoms with Crippen LogP contribution in [0, 0.1) is 0 Å². The number of fused-ring (bicyclic) bond motifs is 2. The van der Waals surface area contributed by atoms with E-state index in [1.807, 2.05) is 0 Å². The Bertz CT molecular complexity index is 1230. The zero-order valence-corrected chi connectivity index (χ0v) is 30.3. The van der Waals surface area contributed by atoms with Gasteiger partial charge < -0.3 is 0 Å². The van der Waals surface area contributed by atoms with Crippen molar-refractivity contribution in [3.8, 4) is 0 Å². The molecular formula is C34H44Cl2SiZr. The molecule has 202 valence electrons. The largest absolute Gasteiger partial charge is 0.118 e. The normalized spacial score (nSPS) is 22.8. The Labute approximate surface area is 264 Å². The van der Waals surface area contributed by atoms with Crippen LogP contribution in [0.25, 0.3) is 11.1 Å². The van der Waals surface area contributed by atoms with Gasteiger partial charge in [0.2, 0.25) is 0 Å². The summed E-state index contributed by atoms with van der Waals surface area (Å²) in [6.45, 7) is 27.3. The molecule has 2 atom stereocenters. The number of hydrogen-bond acceptors (Lipinski definition) is 0. The fraction of sp³-hybridized carbons (Fsp3) is 0.529. The van der Waals surface area contributed by atoms with E-state index in [0.717, 1.165) is 0 Å². The van der Waals surface area contributed by atoms with E-state index >= 15 is 0 Å². The second-order valence-electron chi connectivity index (χ2n) is 12.6. The van der Waals surface area contributed by atoms with Crippen LogP contribution >= 0.6 is 23.2 Å². The summed E-state index contributed by atoms with van der Waals surface area (Å²) in [6, 6.07) is 9.60. The SMILES string of the molecule is CC1=C(C)C(Cl)([Si]C2(Cl)C(C)=C(C)c3c(C(C)C)cc(C(C)C)cc32)c2cc(C(C)C)cc(C(C)C)c21.[Zr]. The van der Waals surface area contributed by atoms with E-state index in [4.69, 9.17) is 23.2 Å². The van der Waals surface area contributed by atoms with Crippen LogP contribution in [0.1, 0.15) is 151 Å². The number of hydrogen-bond donors (Lipinski definition) is 0. The Morgan fingerprint density at radius 3 is 1.13 bits per heavy atom. The minimum atomic E-state index is -0.620. The molecule has 0 heterocycles. The summed E-state index contributed by atoms with van der Waals surface area (Å²) in [6.07, 6.45) is 0. The van der Waals surface area contributed by atoms with E-state index in [9.17, 15) is 0 Å². The van der Waals surface area contributed by atoms with E-state index in [2.05, 4.69) is 107 Å². The molecule has 0 nitrogen and oxygen atoms in total. The Morgan fingerprint density at radius 1 is 0.553 bits per heavy atom. The third-order valence-corrected chi connectivity index (χ3v) is 12.5. The Hall–Kier alpha value is -0.400. The molecule has 38 heavy (non-hydrogen) atoms. The first-order valence-electron chi connectivity index (χ1n) is 14.0. The Morgan fingerprint density at radius 2 is 0.868 bits per heavy atom. The van der Waals surface area contributed by atoms with Crippen molar-refractivity contribution in [2.75, 3.05) is 0 Å². The second kappa shape index (κ2) is 11.1. The maximum Gasteiger partial charge on any atom is 0.118 e. The first-order chi connectivity index (χ1) is 17.1. The number of rotatable bonds is 6. The van der Waals surface area contributed by atoms with E-state index in [1.165, 1.54) is 66.8 Å². The molecule has 2 aliphatic rings. The van der Waals surface area contributed by atoms with Crippen LogP contribution in [-0.4, -0.2) is 9.52 Å². The molecule has 0 aromatic heterocycles. The molecule has 2 unspecified atom stereocenters. The average Bonchev–Trinajstić information content (AvgIpc) is 3.13. The first-order valence-corrected chi connectivity index (χ1v) is 15.7. The molecule has 0 fully saturated rings. The van der Waals surface area contributed by atoms with Gasteiger partial charge in [-0.1, -0.05) is 79.7 Å². The number of alkyl halides is 2.